The van der Waals surface area contributed by atoms with Gasteiger partial charge in [-0.15, -0.1) is 0 Å². The van der Waals surface area contributed by atoms with Crippen LogP contribution in [0.2, 0.25) is 0 Å². The van der Waals surface area contributed by atoms with Gasteiger partial charge in [0.15, 0.2) is 0 Å². The lowest BCUT2D eigenvalue weighted by atomic mass is 9.97. The molecule has 2 heteroatoms. The molecule has 2 aromatic rings. The Balaban J connectivity index is 2.05. The second kappa shape index (κ2) is 4.06. The van der Waals surface area contributed by atoms with Gasteiger partial charge in [0.2, 0.25) is 0 Å². The summed E-state index contributed by atoms with van der Waals surface area (Å²) in [5.74, 6) is 0.194. The van der Waals surface area contributed by atoms with E-state index in [2.05, 4.69) is 36.4 Å². The number of benzene rings is 2. The van der Waals surface area contributed by atoms with E-state index in [9.17, 15) is 4.79 Å². The van der Waals surface area contributed by atoms with Crippen molar-refractivity contribution in [1.82, 2.24) is 0 Å². The van der Waals surface area contributed by atoms with Gasteiger partial charge in [-0.3, -0.25) is 4.79 Å². The van der Waals surface area contributed by atoms with Crippen LogP contribution in [0.1, 0.15) is 17.0 Å². The fourth-order valence-corrected chi connectivity index (χ4v) is 2.35. The van der Waals surface area contributed by atoms with Gasteiger partial charge < -0.3 is 4.74 Å². The Morgan fingerprint density at radius 2 is 1.94 bits per heavy atom. The third-order valence-corrected chi connectivity index (χ3v) is 3.20. The summed E-state index contributed by atoms with van der Waals surface area (Å²) < 4.78 is 4.85. The van der Waals surface area contributed by atoms with Crippen LogP contribution in [0.5, 0.6) is 0 Å². The highest BCUT2D eigenvalue weighted by atomic mass is 16.5. The molecular weight excluding hydrogens is 212 g/mol. The van der Waals surface area contributed by atoms with Crippen molar-refractivity contribution in [3.05, 3.63) is 53.6 Å². The monoisotopic (exact) mass is 224 g/mol. The van der Waals surface area contributed by atoms with Gasteiger partial charge in [-0.1, -0.05) is 36.4 Å². The van der Waals surface area contributed by atoms with E-state index in [1.54, 1.807) is 0 Å². The van der Waals surface area contributed by atoms with E-state index < -0.39 is 0 Å². The molecule has 1 unspecified atom stereocenters. The summed E-state index contributed by atoms with van der Waals surface area (Å²) in [6.45, 7) is 0.929. The van der Waals surface area contributed by atoms with Gasteiger partial charge in [0.1, 0.15) is 6.61 Å². The minimum absolute atomic E-state index is 0.194. The maximum Gasteiger partial charge on any atom is 0.293 e. The van der Waals surface area contributed by atoms with Crippen LogP contribution in [0.25, 0.3) is 16.8 Å². The molecule has 0 aromatic heterocycles. The van der Waals surface area contributed by atoms with Gasteiger partial charge in [0, 0.05) is 5.92 Å². The predicted molar refractivity (Wildman–Crippen MR) is 67.7 cm³/mol. The maximum absolute atomic E-state index is 10.2. The molecule has 0 N–H and O–H groups in total. The van der Waals surface area contributed by atoms with E-state index in [1.165, 1.54) is 21.9 Å². The Morgan fingerprint density at radius 3 is 2.71 bits per heavy atom. The van der Waals surface area contributed by atoms with Crippen LogP contribution < -0.4 is 0 Å². The van der Waals surface area contributed by atoms with E-state index in [4.69, 9.17) is 4.74 Å². The Morgan fingerprint density at radius 1 is 1.18 bits per heavy atom. The molecule has 2 aromatic carbocycles. The molecule has 0 spiro atoms. The minimum atomic E-state index is 0.194. The zero-order valence-corrected chi connectivity index (χ0v) is 9.30. The molecule has 0 heterocycles. The Labute approximate surface area is 99.5 Å². The molecule has 1 aliphatic rings. The molecule has 2 nitrogen and oxygen atoms in total. The smallest absolute Gasteiger partial charge is 0.293 e. The summed E-state index contributed by atoms with van der Waals surface area (Å²) >= 11 is 0. The number of carbonyl (C=O) groups is 1. The quantitative estimate of drug-likeness (QED) is 0.749. The number of hydrogen-bond acceptors (Lipinski definition) is 2. The Hall–Kier alpha value is -2.09. The first kappa shape index (κ1) is 10.1. The average molecular weight is 224 g/mol. The van der Waals surface area contributed by atoms with Gasteiger partial charge in [0.25, 0.3) is 6.47 Å². The lowest BCUT2D eigenvalue weighted by molar-refractivity contribution is -0.128. The SMILES string of the molecule is O=COCC1C=Cc2cc3ccccc3cc21. The first-order valence-corrected chi connectivity index (χ1v) is 5.64. The molecule has 1 aliphatic carbocycles. The molecule has 84 valence electrons. The van der Waals surface area contributed by atoms with Crippen molar-refractivity contribution < 1.29 is 9.53 Å². The highest BCUT2D eigenvalue weighted by molar-refractivity contribution is 5.87. The van der Waals surface area contributed by atoms with Crippen LogP contribution in [-0.4, -0.2) is 13.1 Å². The maximum atomic E-state index is 10.2. The van der Waals surface area contributed by atoms with E-state index in [0.29, 0.717) is 13.1 Å². The fourth-order valence-electron chi connectivity index (χ4n) is 2.35. The highest BCUT2D eigenvalue weighted by Gasteiger charge is 2.18. The largest absolute Gasteiger partial charge is 0.467 e. The number of hydrogen-bond donors (Lipinski definition) is 0. The van der Waals surface area contributed by atoms with Crippen LogP contribution in [-0.2, 0) is 9.53 Å². The first-order chi connectivity index (χ1) is 8.38. The van der Waals surface area contributed by atoms with E-state index in [1.807, 2.05) is 12.1 Å². The average Bonchev–Trinajstić information content (AvgIpc) is 2.76. The summed E-state index contributed by atoms with van der Waals surface area (Å²) in [5.41, 5.74) is 2.47. The molecule has 0 radical (unpaired) electrons. The molecule has 0 fully saturated rings. The van der Waals surface area contributed by atoms with Crippen molar-refractivity contribution in [1.29, 1.82) is 0 Å². The minimum Gasteiger partial charge on any atom is -0.467 e. The van der Waals surface area contributed by atoms with Crippen molar-refractivity contribution in [2.24, 2.45) is 0 Å². The molecule has 17 heavy (non-hydrogen) atoms. The zero-order chi connectivity index (χ0) is 11.7. The van der Waals surface area contributed by atoms with E-state index in [0.717, 1.165) is 0 Å². The van der Waals surface area contributed by atoms with Gasteiger partial charge in [-0.25, -0.2) is 0 Å². The van der Waals surface area contributed by atoms with Crippen molar-refractivity contribution in [2.45, 2.75) is 5.92 Å². The second-order valence-corrected chi connectivity index (χ2v) is 4.22. The summed E-state index contributed by atoms with van der Waals surface area (Å²) in [6, 6.07) is 12.7. The standard InChI is InChI=1S/C15H12O2/c16-10-17-9-14-6-5-13-7-11-3-1-2-4-12(11)8-15(13)14/h1-8,10,14H,9H2. The topological polar surface area (TPSA) is 26.3 Å². The predicted octanol–water partition coefficient (Wildman–Crippen LogP) is 3.12. The number of carbonyl (C=O) groups excluding carboxylic acids is 1. The fraction of sp³-hybridized carbons (Fsp3) is 0.133. The van der Waals surface area contributed by atoms with Crippen molar-refractivity contribution in [3.8, 4) is 0 Å². The molecule has 1 atom stereocenters. The Bertz CT molecular complexity index is 599. The van der Waals surface area contributed by atoms with Gasteiger partial charge in [0.05, 0.1) is 0 Å². The summed E-state index contributed by atoms with van der Waals surface area (Å²) in [4.78, 5) is 10.2. The van der Waals surface area contributed by atoms with Crippen LogP contribution in [0.15, 0.2) is 42.5 Å². The Kier molecular flexibility index (Phi) is 2.41. The van der Waals surface area contributed by atoms with Crippen molar-refractivity contribution >= 4 is 23.3 Å². The lowest BCUT2D eigenvalue weighted by Gasteiger charge is -2.10. The highest BCUT2D eigenvalue weighted by Crippen LogP contribution is 2.33. The van der Waals surface area contributed by atoms with Crippen molar-refractivity contribution in [3.63, 3.8) is 0 Å². The zero-order valence-electron chi connectivity index (χ0n) is 9.30. The molecule has 0 aliphatic heterocycles. The number of fused-ring (bicyclic) bond motifs is 2. The lowest BCUT2D eigenvalue weighted by Crippen LogP contribution is -2.03. The van der Waals surface area contributed by atoms with Crippen LogP contribution in [0.3, 0.4) is 0 Å². The third kappa shape index (κ3) is 1.72. The van der Waals surface area contributed by atoms with Crippen molar-refractivity contribution in [2.75, 3.05) is 6.61 Å². The number of ether oxygens (including phenoxy) is 1. The molecule has 0 saturated carbocycles. The first-order valence-electron chi connectivity index (χ1n) is 5.64. The molecule has 3 rings (SSSR count). The summed E-state index contributed by atoms with van der Waals surface area (Å²) in [5, 5.41) is 2.47. The summed E-state index contributed by atoms with van der Waals surface area (Å²) in [7, 11) is 0. The molecule has 0 bridgehead atoms. The molecule has 0 amide bonds. The molecular formula is C15H12O2. The van der Waals surface area contributed by atoms with Crippen LogP contribution in [0, 0.1) is 0 Å². The van der Waals surface area contributed by atoms with Crippen LogP contribution >= 0.6 is 0 Å². The van der Waals surface area contributed by atoms with Crippen LogP contribution in [0.4, 0.5) is 0 Å². The number of rotatable bonds is 3. The normalized spacial score (nSPS) is 17.1. The van der Waals surface area contributed by atoms with E-state index in [-0.39, 0.29) is 5.92 Å². The summed E-state index contributed by atoms with van der Waals surface area (Å²) in [6.07, 6.45) is 4.19. The van der Waals surface area contributed by atoms with Gasteiger partial charge >= 0.3 is 0 Å². The van der Waals surface area contributed by atoms with Gasteiger partial charge in [-0.2, -0.15) is 0 Å². The van der Waals surface area contributed by atoms with E-state index >= 15 is 0 Å². The third-order valence-electron chi connectivity index (χ3n) is 3.20. The van der Waals surface area contributed by atoms with Gasteiger partial charge in [-0.05, 0) is 34.0 Å². The molecule has 0 saturated heterocycles. The second-order valence-electron chi connectivity index (χ2n) is 4.22.